The van der Waals surface area contributed by atoms with Gasteiger partial charge in [-0.05, 0) is 6.92 Å². The third-order valence-electron chi connectivity index (χ3n) is 4.36. The first kappa shape index (κ1) is 17.5. The van der Waals surface area contributed by atoms with Crippen LogP contribution in [0, 0.1) is 0 Å². The molecule has 2 aromatic rings. The molecule has 0 bridgehead atoms. The zero-order valence-corrected chi connectivity index (χ0v) is 15.0. The number of ether oxygens (including phenoxy) is 1. The molecular weight excluding hydrogens is 316 g/mol. The molecule has 2 heterocycles. The molecule has 6 heteroatoms. The van der Waals surface area contributed by atoms with Crippen molar-refractivity contribution < 1.29 is 9.53 Å². The smallest absolute Gasteiger partial charge is 0.255 e. The molecule has 132 valence electrons. The molecule has 25 heavy (non-hydrogen) atoms. The van der Waals surface area contributed by atoms with E-state index in [9.17, 15) is 4.79 Å². The highest BCUT2D eigenvalue weighted by Gasteiger charge is 2.40. The SMILES string of the molecule is CN(C)C(=O)[C@@]1(C)CN(Cc2cnc(-c3ccccc3)nc2)CCO1. The predicted molar refractivity (Wildman–Crippen MR) is 95.8 cm³/mol. The Hall–Kier alpha value is -2.31. The van der Waals surface area contributed by atoms with Gasteiger partial charge >= 0.3 is 0 Å². The Morgan fingerprint density at radius 2 is 1.92 bits per heavy atom. The Kier molecular flexibility index (Phi) is 5.11. The van der Waals surface area contributed by atoms with E-state index in [1.165, 1.54) is 0 Å². The summed E-state index contributed by atoms with van der Waals surface area (Å²) in [5.41, 5.74) is 1.23. The standard InChI is InChI=1S/C19H24N4O2/c1-19(18(24)22(2)3)14-23(9-10-25-19)13-15-11-20-17(21-12-15)16-7-5-4-6-8-16/h4-8,11-12H,9-10,13-14H2,1-3H3/t19-/m1/s1. The van der Waals surface area contributed by atoms with E-state index in [0.717, 1.165) is 23.5 Å². The topological polar surface area (TPSA) is 58.6 Å². The van der Waals surface area contributed by atoms with Gasteiger partial charge in [0.15, 0.2) is 11.4 Å². The Labute approximate surface area is 148 Å². The first-order valence-corrected chi connectivity index (χ1v) is 8.42. The summed E-state index contributed by atoms with van der Waals surface area (Å²) in [7, 11) is 3.51. The van der Waals surface area contributed by atoms with Gasteiger partial charge in [0.05, 0.1) is 6.61 Å². The fourth-order valence-electron chi connectivity index (χ4n) is 3.12. The van der Waals surface area contributed by atoms with Crippen molar-refractivity contribution in [1.82, 2.24) is 19.8 Å². The molecule has 0 saturated carbocycles. The van der Waals surface area contributed by atoms with Crippen LogP contribution in [0.4, 0.5) is 0 Å². The summed E-state index contributed by atoms with van der Waals surface area (Å²) in [5.74, 6) is 0.715. The number of benzene rings is 1. The fourth-order valence-corrected chi connectivity index (χ4v) is 3.12. The molecule has 0 unspecified atom stereocenters. The van der Waals surface area contributed by atoms with E-state index >= 15 is 0 Å². The van der Waals surface area contributed by atoms with E-state index < -0.39 is 5.60 Å². The van der Waals surface area contributed by atoms with Gasteiger partial charge in [-0.15, -0.1) is 0 Å². The Morgan fingerprint density at radius 3 is 2.56 bits per heavy atom. The highest BCUT2D eigenvalue weighted by Crippen LogP contribution is 2.21. The quantitative estimate of drug-likeness (QED) is 0.850. The summed E-state index contributed by atoms with van der Waals surface area (Å²) >= 11 is 0. The van der Waals surface area contributed by atoms with Crippen LogP contribution < -0.4 is 0 Å². The molecule has 1 aliphatic heterocycles. The molecule has 1 aromatic carbocycles. The number of hydrogen-bond acceptors (Lipinski definition) is 5. The number of rotatable bonds is 4. The summed E-state index contributed by atoms with van der Waals surface area (Å²) in [6.45, 7) is 4.45. The fraction of sp³-hybridized carbons (Fsp3) is 0.421. The van der Waals surface area contributed by atoms with Crippen LogP contribution in [0.2, 0.25) is 0 Å². The first-order chi connectivity index (χ1) is 12.0. The van der Waals surface area contributed by atoms with Crippen LogP contribution in [-0.4, -0.2) is 65.1 Å². The second-order valence-corrected chi connectivity index (χ2v) is 6.77. The lowest BCUT2D eigenvalue weighted by atomic mass is 10.0. The zero-order valence-electron chi connectivity index (χ0n) is 15.0. The largest absolute Gasteiger partial charge is 0.363 e. The highest BCUT2D eigenvalue weighted by atomic mass is 16.5. The molecular formula is C19H24N4O2. The van der Waals surface area contributed by atoms with Crippen LogP contribution in [0.3, 0.4) is 0 Å². The Bertz CT molecular complexity index is 718. The average molecular weight is 340 g/mol. The maximum atomic E-state index is 12.4. The maximum Gasteiger partial charge on any atom is 0.255 e. The van der Waals surface area contributed by atoms with Crippen molar-refractivity contribution in [1.29, 1.82) is 0 Å². The number of nitrogens with zero attached hydrogens (tertiary/aromatic N) is 4. The molecule has 1 aromatic heterocycles. The van der Waals surface area contributed by atoms with Crippen molar-refractivity contribution in [2.24, 2.45) is 0 Å². The van der Waals surface area contributed by atoms with Gasteiger partial charge in [0.25, 0.3) is 5.91 Å². The van der Waals surface area contributed by atoms with E-state index in [-0.39, 0.29) is 5.91 Å². The van der Waals surface area contributed by atoms with Gasteiger partial charge in [-0.1, -0.05) is 30.3 Å². The average Bonchev–Trinajstić information content (AvgIpc) is 2.62. The molecule has 1 aliphatic rings. The molecule has 0 aliphatic carbocycles. The number of carbonyl (C=O) groups excluding carboxylic acids is 1. The normalized spacial score (nSPS) is 21.1. The van der Waals surface area contributed by atoms with Gasteiger partial charge in [-0.2, -0.15) is 0 Å². The van der Waals surface area contributed by atoms with Crippen LogP contribution in [-0.2, 0) is 16.1 Å². The number of likely N-dealkylation sites (N-methyl/N-ethyl adjacent to an activating group) is 1. The van der Waals surface area contributed by atoms with Crippen LogP contribution in [0.25, 0.3) is 11.4 Å². The number of amides is 1. The minimum absolute atomic E-state index is 0.00660. The van der Waals surface area contributed by atoms with E-state index in [2.05, 4.69) is 14.9 Å². The Balaban J connectivity index is 1.67. The summed E-state index contributed by atoms with van der Waals surface area (Å²) in [5, 5.41) is 0. The first-order valence-electron chi connectivity index (χ1n) is 8.42. The Morgan fingerprint density at radius 1 is 1.24 bits per heavy atom. The number of hydrogen-bond donors (Lipinski definition) is 0. The van der Waals surface area contributed by atoms with E-state index in [1.54, 1.807) is 19.0 Å². The van der Waals surface area contributed by atoms with Crippen molar-refractivity contribution in [3.05, 3.63) is 48.3 Å². The molecule has 1 fully saturated rings. The van der Waals surface area contributed by atoms with E-state index in [4.69, 9.17) is 4.74 Å². The zero-order chi connectivity index (χ0) is 17.9. The van der Waals surface area contributed by atoms with Crippen molar-refractivity contribution in [2.75, 3.05) is 33.8 Å². The third kappa shape index (κ3) is 4.03. The molecule has 3 rings (SSSR count). The number of morpholine rings is 1. The van der Waals surface area contributed by atoms with Crippen LogP contribution in [0.1, 0.15) is 12.5 Å². The van der Waals surface area contributed by atoms with Gasteiger partial charge in [0.2, 0.25) is 0 Å². The number of aromatic nitrogens is 2. The van der Waals surface area contributed by atoms with Crippen molar-refractivity contribution in [3.63, 3.8) is 0 Å². The molecule has 6 nitrogen and oxygen atoms in total. The monoisotopic (exact) mass is 340 g/mol. The van der Waals surface area contributed by atoms with E-state index in [1.807, 2.05) is 49.6 Å². The summed E-state index contributed by atoms with van der Waals surface area (Å²) in [6.07, 6.45) is 3.71. The second-order valence-electron chi connectivity index (χ2n) is 6.77. The van der Waals surface area contributed by atoms with Crippen LogP contribution in [0.5, 0.6) is 0 Å². The van der Waals surface area contributed by atoms with Crippen molar-refractivity contribution in [3.8, 4) is 11.4 Å². The minimum Gasteiger partial charge on any atom is -0.363 e. The van der Waals surface area contributed by atoms with Crippen molar-refractivity contribution in [2.45, 2.75) is 19.1 Å². The third-order valence-corrected chi connectivity index (χ3v) is 4.36. The van der Waals surface area contributed by atoms with Crippen LogP contribution >= 0.6 is 0 Å². The van der Waals surface area contributed by atoms with Gasteiger partial charge in [0, 0.05) is 57.3 Å². The summed E-state index contributed by atoms with van der Waals surface area (Å²) in [6, 6.07) is 9.92. The van der Waals surface area contributed by atoms with Crippen molar-refractivity contribution >= 4 is 5.91 Å². The van der Waals surface area contributed by atoms with Crippen LogP contribution in [0.15, 0.2) is 42.7 Å². The predicted octanol–water partition coefficient (Wildman–Crippen LogP) is 1.82. The highest BCUT2D eigenvalue weighted by molar-refractivity contribution is 5.84. The molecule has 0 spiro atoms. The summed E-state index contributed by atoms with van der Waals surface area (Å²) in [4.78, 5) is 25.1. The maximum absolute atomic E-state index is 12.4. The lowest BCUT2D eigenvalue weighted by molar-refractivity contribution is -0.165. The van der Waals surface area contributed by atoms with Gasteiger partial charge < -0.3 is 9.64 Å². The molecule has 0 radical (unpaired) electrons. The molecule has 1 amide bonds. The van der Waals surface area contributed by atoms with Gasteiger partial charge in [-0.3, -0.25) is 9.69 Å². The molecule has 1 saturated heterocycles. The minimum atomic E-state index is -0.799. The summed E-state index contributed by atoms with van der Waals surface area (Å²) < 4.78 is 5.77. The van der Waals surface area contributed by atoms with Gasteiger partial charge in [0.1, 0.15) is 0 Å². The second kappa shape index (κ2) is 7.29. The molecule has 0 N–H and O–H groups in total. The lowest BCUT2D eigenvalue weighted by Gasteiger charge is -2.40. The van der Waals surface area contributed by atoms with E-state index in [0.29, 0.717) is 19.7 Å². The lowest BCUT2D eigenvalue weighted by Crippen LogP contribution is -2.57. The van der Waals surface area contributed by atoms with Gasteiger partial charge in [-0.25, -0.2) is 9.97 Å². The number of carbonyl (C=O) groups is 1. The molecule has 1 atom stereocenters.